The summed E-state index contributed by atoms with van der Waals surface area (Å²) in [6, 6.07) is 5.10. The van der Waals surface area contributed by atoms with Crippen LogP contribution in [0.25, 0.3) is 0 Å². The van der Waals surface area contributed by atoms with Crippen LogP contribution in [0.5, 0.6) is 0 Å². The van der Waals surface area contributed by atoms with Gasteiger partial charge in [0.15, 0.2) is 5.78 Å². The van der Waals surface area contributed by atoms with Crippen LogP contribution in [-0.2, 0) is 14.4 Å². The molecule has 3 atom stereocenters. The Hall–Kier alpha value is -1.65. The molecule has 2 aliphatic heterocycles. The Kier molecular flexibility index (Phi) is 11.2. The molecule has 0 spiro atoms. The monoisotopic (exact) mass is 561 g/mol. The molecule has 1 aromatic rings. The number of likely N-dealkylation sites (tertiary alicyclic amines) is 1. The number of rotatable bonds is 8. The van der Waals surface area contributed by atoms with Crippen molar-refractivity contribution < 1.29 is 23.9 Å². The second-order valence-electron chi connectivity index (χ2n) is 9.49. The maximum atomic E-state index is 14.7. The number of piperazine rings is 1. The maximum absolute atomic E-state index is 14.7. The first-order chi connectivity index (χ1) is 16.3. The van der Waals surface area contributed by atoms with Gasteiger partial charge in [0.05, 0.1) is 12.6 Å². The molecule has 0 aromatic heterocycles. The molecule has 3 fully saturated rings. The molecule has 11 heteroatoms. The van der Waals surface area contributed by atoms with Gasteiger partial charge in [0.1, 0.15) is 11.9 Å². The lowest BCUT2D eigenvalue weighted by atomic mass is 9.93. The first-order valence-electron chi connectivity index (χ1n) is 11.9. The highest BCUT2D eigenvalue weighted by Crippen LogP contribution is 2.39. The predicted molar refractivity (Wildman–Crippen MR) is 144 cm³/mol. The number of aliphatic carboxylic acids is 1. The molecule has 36 heavy (non-hydrogen) atoms. The summed E-state index contributed by atoms with van der Waals surface area (Å²) in [4.78, 5) is 42.3. The van der Waals surface area contributed by atoms with Crippen LogP contribution in [0, 0.1) is 11.7 Å². The summed E-state index contributed by atoms with van der Waals surface area (Å²) in [5, 5.41) is 9.23. The standard InChI is InChI=1S/C25H32FN3O4S.2ClH/c1-16(25(32)33)29-13-12-27(15-22(29)30)10-8-18-14-28(11-9-21(18)34)23(24(31)17-6-7-17)19-4-2-3-5-20(19)26;;/h2-5,8,16-17,21,23,34H,6-7,9-15H2,1H3,(H,32,33);2*1H. The van der Waals surface area contributed by atoms with E-state index >= 15 is 0 Å². The van der Waals surface area contributed by atoms with Crippen LogP contribution < -0.4 is 0 Å². The molecular weight excluding hydrogens is 528 g/mol. The molecule has 1 N–H and O–H groups in total. The van der Waals surface area contributed by atoms with E-state index in [-0.39, 0.29) is 60.0 Å². The molecule has 2 saturated heterocycles. The third-order valence-corrected chi connectivity index (χ3v) is 7.68. The Morgan fingerprint density at radius 3 is 2.44 bits per heavy atom. The lowest BCUT2D eigenvalue weighted by Crippen LogP contribution is -2.55. The summed E-state index contributed by atoms with van der Waals surface area (Å²) in [6.45, 7) is 4.38. The predicted octanol–water partition coefficient (Wildman–Crippen LogP) is 3.24. The Bertz CT molecular complexity index is 994. The Labute approximate surface area is 229 Å². The number of hydrogen-bond acceptors (Lipinski definition) is 6. The summed E-state index contributed by atoms with van der Waals surface area (Å²) in [6.07, 6.45) is 4.56. The highest BCUT2D eigenvalue weighted by Gasteiger charge is 2.41. The summed E-state index contributed by atoms with van der Waals surface area (Å²) in [5.74, 6) is -1.44. The topological polar surface area (TPSA) is 81.2 Å². The fraction of sp³-hybridized carbons (Fsp3) is 0.560. The van der Waals surface area contributed by atoms with Crippen molar-refractivity contribution in [1.29, 1.82) is 0 Å². The van der Waals surface area contributed by atoms with Crippen molar-refractivity contribution in [1.82, 2.24) is 14.7 Å². The van der Waals surface area contributed by atoms with Crippen LogP contribution in [0.15, 0.2) is 35.9 Å². The molecule has 0 radical (unpaired) electrons. The van der Waals surface area contributed by atoms with Crippen LogP contribution in [0.3, 0.4) is 0 Å². The molecule has 7 nitrogen and oxygen atoms in total. The van der Waals surface area contributed by atoms with E-state index in [0.29, 0.717) is 38.3 Å². The average Bonchev–Trinajstić information content (AvgIpc) is 3.65. The van der Waals surface area contributed by atoms with Crippen molar-refractivity contribution in [2.24, 2.45) is 5.92 Å². The number of piperidine rings is 1. The van der Waals surface area contributed by atoms with Gasteiger partial charge < -0.3 is 10.0 Å². The number of carboxylic acids is 1. The Morgan fingerprint density at radius 1 is 1.14 bits per heavy atom. The third kappa shape index (κ3) is 7.01. The number of carboxylic acid groups (broad SMARTS) is 1. The van der Waals surface area contributed by atoms with E-state index in [4.69, 9.17) is 12.6 Å². The summed E-state index contributed by atoms with van der Waals surface area (Å²) in [7, 11) is 0. The van der Waals surface area contributed by atoms with Crippen molar-refractivity contribution in [3.05, 3.63) is 47.3 Å². The molecule has 200 valence electrons. The van der Waals surface area contributed by atoms with E-state index in [1.807, 2.05) is 4.90 Å². The number of ketones is 1. The molecule has 3 unspecified atom stereocenters. The number of amides is 1. The van der Waals surface area contributed by atoms with Gasteiger partial charge in [-0.25, -0.2) is 9.18 Å². The number of Topliss-reactive ketones (excluding diaryl/α,β-unsaturated/α-hetero) is 1. The van der Waals surface area contributed by atoms with Gasteiger partial charge >= 0.3 is 5.97 Å². The Morgan fingerprint density at radius 2 is 1.83 bits per heavy atom. The van der Waals surface area contributed by atoms with Gasteiger partial charge in [0.25, 0.3) is 0 Å². The second kappa shape index (κ2) is 13.2. The van der Waals surface area contributed by atoms with E-state index in [1.54, 1.807) is 18.2 Å². The minimum Gasteiger partial charge on any atom is -0.480 e. The van der Waals surface area contributed by atoms with Crippen molar-refractivity contribution in [3.63, 3.8) is 0 Å². The van der Waals surface area contributed by atoms with Crippen molar-refractivity contribution in [2.45, 2.75) is 43.5 Å². The van der Waals surface area contributed by atoms with E-state index in [9.17, 15) is 23.9 Å². The van der Waals surface area contributed by atoms with E-state index in [1.165, 1.54) is 17.9 Å². The first-order valence-corrected chi connectivity index (χ1v) is 12.4. The van der Waals surface area contributed by atoms with Crippen LogP contribution in [0.2, 0.25) is 0 Å². The SMILES string of the molecule is CC(C(=O)O)N1CCN(CC=C2CN(C(C(=O)C3CC3)c3ccccc3F)CCC2S)CC1=O.Cl.Cl. The second-order valence-corrected chi connectivity index (χ2v) is 10.1. The third-order valence-electron chi connectivity index (χ3n) is 7.09. The van der Waals surface area contributed by atoms with E-state index < -0.39 is 18.1 Å². The van der Waals surface area contributed by atoms with Crippen LogP contribution >= 0.6 is 37.4 Å². The van der Waals surface area contributed by atoms with Gasteiger partial charge in [-0.2, -0.15) is 12.6 Å². The van der Waals surface area contributed by atoms with Crippen LogP contribution in [0.1, 0.15) is 37.8 Å². The minimum absolute atomic E-state index is 0. The molecule has 3 aliphatic rings. The van der Waals surface area contributed by atoms with Gasteiger partial charge in [-0.15, -0.1) is 24.8 Å². The van der Waals surface area contributed by atoms with Crippen LogP contribution in [-0.4, -0.2) is 88.0 Å². The average molecular weight is 563 g/mol. The molecule has 4 rings (SSSR count). The highest BCUT2D eigenvalue weighted by molar-refractivity contribution is 7.81. The zero-order valence-electron chi connectivity index (χ0n) is 20.2. The first kappa shape index (κ1) is 30.6. The maximum Gasteiger partial charge on any atom is 0.326 e. The van der Waals surface area contributed by atoms with Crippen molar-refractivity contribution >= 4 is 55.1 Å². The van der Waals surface area contributed by atoms with Crippen molar-refractivity contribution in [3.8, 4) is 0 Å². The molecule has 1 aliphatic carbocycles. The molecule has 1 aromatic carbocycles. The van der Waals surface area contributed by atoms with Gasteiger partial charge in [-0.05, 0) is 37.8 Å². The summed E-state index contributed by atoms with van der Waals surface area (Å²) >= 11 is 4.74. The Balaban J connectivity index is 0.00000228. The molecule has 0 bridgehead atoms. The van der Waals surface area contributed by atoms with E-state index in [0.717, 1.165) is 24.8 Å². The largest absolute Gasteiger partial charge is 0.480 e. The number of carbonyl (C=O) groups excluding carboxylic acids is 2. The number of halogens is 3. The lowest BCUT2D eigenvalue weighted by molar-refractivity contribution is -0.152. The smallest absolute Gasteiger partial charge is 0.326 e. The fourth-order valence-corrected chi connectivity index (χ4v) is 5.11. The number of hydrogen-bond donors (Lipinski definition) is 2. The number of benzene rings is 1. The lowest BCUT2D eigenvalue weighted by Gasteiger charge is -2.38. The number of nitrogens with zero attached hydrogens (tertiary/aromatic N) is 3. The highest BCUT2D eigenvalue weighted by atomic mass is 35.5. The van der Waals surface area contributed by atoms with Crippen molar-refractivity contribution in [2.75, 3.05) is 39.3 Å². The van der Waals surface area contributed by atoms with Gasteiger partial charge in [0.2, 0.25) is 5.91 Å². The number of carbonyl (C=O) groups is 3. The number of thiol groups is 1. The zero-order chi connectivity index (χ0) is 24.4. The zero-order valence-corrected chi connectivity index (χ0v) is 22.7. The minimum atomic E-state index is -1.01. The molecular formula is C25H34Cl2FN3O4S. The molecule has 1 saturated carbocycles. The van der Waals surface area contributed by atoms with Gasteiger partial charge in [-0.1, -0.05) is 24.3 Å². The summed E-state index contributed by atoms with van der Waals surface area (Å²) in [5.41, 5.74) is 1.50. The normalized spacial score (nSPS) is 24.0. The van der Waals surface area contributed by atoms with Gasteiger partial charge in [0, 0.05) is 49.5 Å². The van der Waals surface area contributed by atoms with E-state index in [2.05, 4.69) is 11.0 Å². The quantitative estimate of drug-likeness (QED) is 0.374. The van der Waals surface area contributed by atoms with Crippen LogP contribution in [0.4, 0.5) is 4.39 Å². The van der Waals surface area contributed by atoms with Gasteiger partial charge in [-0.3, -0.25) is 19.4 Å². The molecule has 1 amide bonds. The summed E-state index contributed by atoms with van der Waals surface area (Å²) < 4.78 is 14.7. The fourth-order valence-electron chi connectivity index (χ4n) is 4.81. The molecule has 2 heterocycles.